The third kappa shape index (κ3) is 2.75. The second kappa shape index (κ2) is 7.06. The molecule has 0 saturated heterocycles. The summed E-state index contributed by atoms with van der Waals surface area (Å²) in [6.45, 7) is 0. The van der Waals surface area contributed by atoms with Crippen LogP contribution in [0.1, 0.15) is 87.2 Å². The Hall–Kier alpha value is -1.82. The molecule has 0 N–H and O–H groups in total. The summed E-state index contributed by atoms with van der Waals surface area (Å²) in [6, 6.07) is 18.7. The molecular weight excluding hydrogens is 312 g/mol. The lowest BCUT2D eigenvalue weighted by atomic mass is 9.75. The fraction of sp³-hybridized carbons (Fsp3) is 0.462. The first-order valence-corrected chi connectivity index (χ1v) is 10.9. The monoisotopic (exact) mass is 342 g/mol. The van der Waals surface area contributed by atoms with Crippen LogP contribution in [0.15, 0.2) is 48.5 Å². The zero-order valence-corrected chi connectivity index (χ0v) is 15.8. The Morgan fingerprint density at radius 1 is 0.423 bits per heavy atom. The van der Waals surface area contributed by atoms with Crippen molar-refractivity contribution in [3.05, 3.63) is 59.7 Å². The van der Waals surface area contributed by atoms with Crippen LogP contribution in [0.3, 0.4) is 0 Å². The van der Waals surface area contributed by atoms with E-state index in [1.54, 1.807) is 32.7 Å². The van der Waals surface area contributed by atoms with Gasteiger partial charge in [0.2, 0.25) is 0 Å². The van der Waals surface area contributed by atoms with Gasteiger partial charge in [-0.15, -0.1) is 0 Å². The SMILES string of the molecule is c1ccc2c(C3CCCCC3)c3ccccc3c(C3CCCCC3)c2c1. The van der Waals surface area contributed by atoms with Crippen molar-refractivity contribution in [1.82, 2.24) is 0 Å². The maximum absolute atomic E-state index is 2.41. The Morgan fingerprint density at radius 2 is 0.731 bits per heavy atom. The second-order valence-electron chi connectivity index (χ2n) is 8.59. The Morgan fingerprint density at radius 3 is 1.04 bits per heavy atom. The predicted octanol–water partition coefficient (Wildman–Crippen LogP) is 8.09. The molecule has 2 fully saturated rings. The van der Waals surface area contributed by atoms with Gasteiger partial charge >= 0.3 is 0 Å². The van der Waals surface area contributed by atoms with Gasteiger partial charge in [0.1, 0.15) is 0 Å². The lowest BCUT2D eigenvalue weighted by Gasteiger charge is -2.30. The average molecular weight is 343 g/mol. The molecule has 0 unspecified atom stereocenters. The molecule has 2 aliphatic carbocycles. The van der Waals surface area contributed by atoms with Crippen LogP contribution in [0.4, 0.5) is 0 Å². The summed E-state index contributed by atoms with van der Waals surface area (Å²) in [5, 5.41) is 6.22. The van der Waals surface area contributed by atoms with Gasteiger partial charge in [-0.3, -0.25) is 0 Å². The minimum absolute atomic E-state index is 0.749. The van der Waals surface area contributed by atoms with E-state index in [0.717, 1.165) is 11.8 Å². The second-order valence-corrected chi connectivity index (χ2v) is 8.59. The Labute approximate surface area is 157 Å². The van der Waals surface area contributed by atoms with Gasteiger partial charge in [0, 0.05) is 0 Å². The molecule has 0 nitrogen and oxygen atoms in total. The third-order valence-corrected chi connectivity index (χ3v) is 7.04. The molecule has 0 atom stereocenters. The van der Waals surface area contributed by atoms with Crippen molar-refractivity contribution in [3.63, 3.8) is 0 Å². The zero-order valence-electron chi connectivity index (χ0n) is 15.8. The van der Waals surface area contributed by atoms with Crippen LogP contribution in [0.5, 0.6) is 0 Å². The van der Waals surface area contributed by atoms with Gasteiger partial charge in [-0.1, -0.05) is 87.1 Å². The highest BCUT2D eigenvalue weighted by molar-refractivity contribution is 6.06. The minimum atomic E-state index is 0.749. The van der Waals surface area contributed by atoms with E-state index in [9.17, 15) is 0 Å². The average Bonchev–Trinajstić information content (AvgIpc) is 2.73. The maximum atomic E-state index is 2.41. The largest absolute Gasteiger partial charge is 0.0616 e. The van der Waals surface area contributed by atoms with Crippen molar-refractivity contribution < 1.29 is 0 Å². The molecule has 0 spiro atoms. The molecule has 2 saturated carbocycles. The van der Waals surface area contributed by atoms with Crippen LogP contribution >= 0.6 is 0 Å². The van der Waals surface area contributed by atoms with Crippen molar-refractivity contribution in [2.75, 3.05) is 0 Å². The molecule has 3 aromatic carbocycles. The summed E-state index contributed by atoms with van der Waals surface area (Å²) in [4.78, 5) is 0. The fourth-order valence-corrected chi connectivity index (χ4v) is 5.86. The molecule has 0 aromatic heterocycles. The molecule has 0 bridgehead atoms. The van der Waals surface area contributed by atoms with Gasteiger partial charge in [0.05, 0.1) is 0 Å². The van der Waals surface area contributed by atoms with E-state index in [0.29, 0.717) is 0 Å². The molecule has 0 heteroatoms. The third-order valence-electron chi connectivity index (χ3n) is 7.04. The highest BCUT2D eigenvalue weighted by atomic mass is 14.3. The molecule has 0 heterocycles. The summed E-state index contributed by atoms with van der Waals surface area (Å²) in [5.74, 6) is 1.50. The first-order chi connectivity index (χ1) is 12.9. The van der Waals surface area contributed by atoms with Crippen molar-refractivity contribution in [2.24, 2.45) is 0 Å². The highest BCUT2D eigenvalue weighted by Gasteiger charge is 2.25. The van der Waals surface area contributed by atoms with E-state index in [-0.39, 0.29) is 0 Å². The minimum Gasteiger partial charge on any atom is -0.0616 e. The Kier molecular flexibility index (Phi) is 4.44. The van der Waals surface area contributed by atoms with E-state index in [1.807, 2.05) is 0 Å². The molecular formula is C26H30. The molecule has 0 aliphatic heterocycles. The summed E-state index contributed by atoms with van der Waals surface area (Å²) in [7, 11) is 0. The number of fused-ring (bicyclic) bond motifs is 2. The molecule has 134 valence electrons. The molecule has 0 amide bonds. The van der Waals surface area contributed by atoms with Crippen LogP contribution in [0.2, 0.25) is 0 Å². The topological polar surface area (TPSA) is 0 Å². The first-order valence-electron chi connectivity index (χ1n) is 10.9. The van der Waals surface area contributed by atoms with Gasteiger partial charge in [0.15, 0.2) is 0 Å². The fourth-order valence-electron chi connectivity index (χ4n) is 5.86. The molecule has 2 aliphatic rings. The zero-order chi connectivity index (χ0) is 17.3. The lowest BCUT2D eigenvalue weighted by molar-refractivity contribution is 0.445. The molecule has 26 heavy (non-hydrogen) atoms. The Balaban J connectivity index is 1.82. The predicted molar refractivity (Wildman–Crippen MR) is 113 cm³/mol. The summed E-state index contributed by atoms with van der Waals surface area (Å²) in [5.41, 5.74) is 3.32. The molecule has 0 radical (unpaired) electrons. The highest BCUT2D eigenvalue weighted by Crippen LogP contribution is 2.46. The number of hydrogen-bond acceptors (Lipinski definition) is 0. The van der Waals surface area contributed by atoms with Crippen LogP contribution in [0, 0.1) is 0 Å². The van der Waals surface area contributed by atoms with Crippen molar-refractivity contribution in [1.29, 1.82) is 0 Å². The van der Waals surface area contributed by atoms with E-state index in [1.165, 1.54) is 64.2 Å². The Bertz CT molecular complexity index is 775. The van der Waals surface area contributed by atoms with Gasteiger partial charge in [-0.05, 0) is 70.2 Å². The molecule has 3 aromatic rings. The van der Waals surface area contributed by atoms with Crippen LogP contribution < -0.4 is 0 Å². The summed E-state index contributed by atoms with van der Waals surface area (Å²) in [6.07, 6.45) is 13.9. The van der Waals surface area contributed by atoms with E-state index in [2.05, 4.69) is 48.5 Å². The van der Waals surface area contributed by atoms with Crippen LogP contribution in [0.25, 0.3) is 21.5 Å². The van der Waals surface area contributed by atoms with Gasteiger partial charge in [-0.2, -0.15) is 0 Å². The maximum Gasteiger partial charge on any atom is -0.0140 e. The standard InChI is InChI=1S/C26H30/c1-3-11-19(12-4-1)25-21-15-7-9-17-23(21)26(20-13-5-2-6-14-20)24-18-10-8-16-22(24)25/h7-10,15-20H,1-6,11-14H2. The van der Waals surface area contributed by atoms with E-state index >= 15 is 0 Å². The summed E-state index contributed by atoms with van der Waals surface area (Å²) >= 11 is 0. The quantitative estimate of drug-likeness (QED) is 0.413. The van der Waals surface area contributed by atoms with Crippen molar-refractivity contribution >= 4 is 21.5 Å². The van der Waals surface area contributed by atoms with Crippen molar-refractivity contribution in [3.8, 4) is 0 Å². The number of rotatable bonds is 2. The van der Waals surface area contributed by atoms with Crippen molar-refractivity contribution in [2.45, 2.75) is 76.0 Å². The van der Waals surface area contributed by atoms with Crippen LogP contribution in [-0.2, 0) is 0 Å². The first kappa shape index (κ1) is 16.4. The molecule has 5 rings (SSSR count). The van der Waals surface area contributed by atoms with Crippen LogP contribution in [-0.4, -0.2) is 0 Å². The number of benzene rings is 3. The van der Waals surface area contributed by atoms with Gasteiger partial charge in [-0.25, -0.2) is 0 Å². The normalized spacial score (nSPS) is 20.0. The van der Waals surface area contributed by atoms with Gasteiger partial charge < -0.3 is 0 Å². The smallest absolute Gasteiger partial charge is 0.0140 e. The summed E-state index contributed by atoms with van der Waals surface area (Å²) < 4.78 is 0. The van der Waals surface area contributed by atoms with E-state index < -0.39 is 0 Å². The lowest BCUT2D eigenvalue weighted by Crippen LogP contribution is -2.10. The van der Waals surface area contributed by atoms with E-state index in [4.69, 9.17) is 0 Å². The van der Waals surface area contributed by atoms with Gasteiger partial charge in [0.25, 0.3) is 0 Å². The number of hydrogen-bond donors (Lipinski definition) is 0.